The second-order valence-corrected chi connectivity index (χ2v) is 9.84. The van der Waals surface area contributed by atoms with Gasteiger partial charge in [-0.3, -0.25) is 19.2 Å². The summed E-state index contributed by atoms with van der Waals surface area (Å²) in [6.07, 6.45) is 2.21. The molecular formula is C26H36N6O8. The molecule has 1 heterocycles. The normalized spacial score (nSPS) is 14.0. The molecule has 40 heavy (non-hydrogen) atoms. The molecular weight excluding hydrogens is 524 g/mol. The molecule has 0 fully saturated rings. The number of nitrogens with zero attached hydrogens (tertiary/aromatic N) is 1. The van der Waals surface area contributed by atoms with Crippen LogP contribution in [-0.4, -0.2) is 79.1 Å². The van der Waals surface area contributed by atoms with Crippen LogP contribution in [0.5, 0.6) is 5.75 Å². The third kappa shape index (κ3) is 10.7. The highest BCUT2D eigenvalue weighted by Crippen LogP contribution is 2.12. The topological polar surface area (TPSA) is 237 Å². The lowest BCUT2D eigenvalue weighted by Gasteiger charge is -2.25. The van der Waals surface area contributed by atoms with Gasteiger partial charge in [-0.15, -0.1) is 0 Å². The highest BCUT2D eigenvalue weighted by atomic mass is 16.4. The zero-order valence-electron chi connectivity index (χ0n) is 22.3. The van der Waals surface area contributed by atoms with Gasteiger partial charge in [0.05, 0.1) is 12.4 Å². The number of aromatic amines is 1. The smallest absolute Gasteiger partial charge is 0.326 e. The largest absolute Gasteiger partial charge is 0.508 e. The number of hydrogen-bond donors (Lipinski definition) is 8. The summed E-state index contributed by atoms with van der Waals surface area (Å²) in [5, 5.41) is 35.7. The summed E-state index contributed by atoms with van der Waals surface area (Å²) in [4.78, 5) is 68.8. The molecule has 14 heteroatoms. The van der Waals surface area contributed by atoms with Crippen molar-refractivity contribution < 1.29 is 39.3 Å². The number of nitrogens with one attached hydrogen (secondary N) is 4. The molecule has 9 N–H and O–H groups in total. The molecule has 0 spiro atoms. The molecule has 218 valence electrons. The van der Waals surface area contributed by atoms with Crippen LogP contribution in [0.2, 0.25) is 0 Å². The first kappa shape index (κ1) is 31.8. The average molecular weight is 561 g/mol. The molecule has 2 aromatic rings. The predicted octanol–water partition coefficient (Wildman–Crippen LogP) is -0.322. The Morgan fingerprint density at radius 2 is 1.50 bits per heavy atom. The third-order valence-corrected chi connectivity index (χ3v) is 5.94. The van der Waals surface area contributed by atoms with Crippen LogP contribution in [0.4, 0.5) is 0 Å². The van der Waals surface area contributed by atoms with Crippen molar-refractivity contribution in [1.29, 1.82) is 0 Å². The molecule has 1 aromatic heterocycles. The molecule has 0 saturated heterocycles. The number of hydrogen-bond acceptors (Lipinski definition) is 8. The minimum absolute atomic E-state index is 0.00306. The van der Waals surface area contributed by atoms with Crippen LogP contribution in [0.25, 0.3) is 0 Å². The van der Waals surface area contributed by atoms with E-state index in [2.05, 4.69) is 25.9 Å². The van der Waals surface area contributed by atoms with Gasteiger partial charge in [0.15, 0.2) is 0 Å². The second kappa shape index (κ2) is 15.2. The predicted molar refractivity (Wildman–Crippen MR) is 142 cm³/mol. The van der Waals surface area contributed by atoms with Crippen LogP contribution in [0, 0.1) is 5.92 Å². The summed E-state index contributed by atoms with van der Waals surface area (Å²) >= 11 is 0. The van der Waals surface area contributed by atoms with Gasteiger partial charge in [0.25, 0.3) is 0 Å². The van der Waals surface area contributed by atoms with Gasteiger partial charge in [0.1, 0.15) is 23.9 Å². The van der Waals surface area contributed by atoms with Crippen molar-refractivity contribution in [3.63, 3.8) is 0 Å². The summed E-state index contributed by atoms with van der Waals surface area (Å²) in [7, 11) is 0. The van der Waals surface area contributed by atoms with E-state index in [0.29, 0.717) is 17.7 Å². The first-order valence-electron chi connectivity index (χ1n) is 12.7. The Kier molecular flexibility index (Phi) is 12.1. The molecule has 0 saturated carbocycles. The first-order valence-corrected chi connectivity index (χ1v) is 12.7. The molecule has 0 aliphatic heterocycles. The molecule has 0 aliphatic carbocycles. The number of imidazole rings is 1. The Morgan fingerprint density at radius 1 is 0.900 bits per heavy atom. The maximum absolute atomic E-state index is 13.2. The van der Waals surface area contributed by atoms with Crippen LogP contribution >= 0.6 is 0 Å². The Hall–Kier alpha value is -4.46. The number of carbonyl (C=O) groups is 5. The van der Waals surface area contributed by atoms with Crippen LogP contribution in [0.15, 0.2) is 36.8 Å². The number of benzene rings is 1. The van der Waals surface area contributed by atoms with Gasteiger partial charge in [-0.2, -0.15) is 0 Å². The molecule has 2 rings (SSSR count). The number of carbonyl (C=O) groups excluding carboxylic acids is 3. The highest BCUT2D eigenvalue weighted by Gasteiger charge is 2.31. The lowest BCUT2D eigenvalue weighted by atomic mass is 10.0. The summed E-state index contributed by atoms with van der Waals surface area (Å²) in [6, 6.07) is 0.887. The van der Waals surface area contributed by atoms with E-state index in [0.717, 1.165) is 0 Å². The first-order chi connectivity index (χ1) is 18.8. The van der Waals surface area contributed by atoms with E-state index in [1.165, 1.54) is 36.8 Å². The van der Waals surface area contributed by atoms with Crippen LogP contribution in [0.1, 0.15) is 44.4 Å². The monoisotopic (exact) mass is 560 g/mol. The number of aromatic nitrogens is 2. The maximum atomic E-state index is 13.2. The van der Waals surface area contributed by atoms with Gasteiger partial charge in [-0.25, -0.2) is 9.78 Å². The quantitative estimate of drug-likeness (QED) is 0.133. The molecule has 0 radical (unpaired) electrons. The zero-order valence-corrected chi connectivity index (χ0v) is 22.3. The standard InChI is InChI=1S/C26H36N6O8/c1-14(2)9-18(27)23(36)30-19(7-8-22(34)35)24(37)31-20(11-16-12-28-13-29-16)25(38)32-21(26(39)40)10-15-3-5-17(33)6-4-15/h3-6,12-14,18-21,33H,7-11,27H2,1-2H3,(H,28,29)(H,30,36)(H,31,37)(H,32,38)(H,34,35)(H,39,40). The third-order valence-electron chi connectivity index (χ3n) is 5.94. The van der Waals surface area contributed by atoms with Crippen molar-refractivity contribution in [3.05, 3.63) is 48.0 Å². The van der Waals surface area contributed by atoms with Gasteiger partial charge in [-0.1, -0.05) is 26.0 Å². The van der Waals surface area contributed by atoms with E-state index in [9.17, 15) is 34.2 Å². The average Bonchev–Trinajstić information content (AvgIpc) is 3.39. The molecule has 4 atom stereocenters. The van der Waals surface area contributed by atoms with Crippen molar-refractivity contribution in [1.82, 2.24) is 25.9 Å². The number of aliphatic carboxylic acids is 2. The molecule has 3 amide bonds. The fraction of sp³-hybridized carbons (Fsp3) is 0.462. The molecule has 14 nitrogen and oxygen atoms in total. The number of H-pyrrole nitrogens is 1. The molecule has 0 aliphatic rings. The van der Waals surface area contributed by atoms with Gasteiger partial charge in [0, 0.05) is 31.2 Å². The fourth-order valence-corrected chi connectivity index (χ4v) is 3.87. The Balaban J connectivity index is 2.22. The molecule has 1 aromatic carbocycles. The number of amides is 3. The highest BCUT2D eigenvalue weighted by molar-refractivity contribution is 5.94. The Bertz CT molecular complexity index is 1150. The van der Waals surface area contributed by atoms with Crippen LogP contribution in [-0.2, 0) is 36.8 Å². The minimum atomic E-state index is -1.37. The van der Waals surface area contributed by atoms with E-state index < -0.39 is 60.2 Å². The maximum Gasteiger partial charge on any atom is 0.326 e. The van der Waals surface area contributed by atoms with E-state index in [-0.39, 0.29) is 30.9 Å². The van der Waals surface area contributed by atoms with Crippen LogP contribution in [0.3, 0.4) is 0 Å². The number of phenolic OH excluding ortho intramolecular Hbond substituents is 1. The zero-order chi connectivity index (χ0) is 29.8. The summed E-state index contributed by atoms with van der Waals surface area (Å²) in [6.45, 7) is 3.74. The number of carboxylic acid groups (broad SMARTS) is 2. The van der Waals surface area contributed by atoms with Crippen molar-refractivity contribution in [3.8, 4) is 5.75 Å². The molecule has 0 bridgehead atoms. The van der Waals surface area contributed by atoms with Crippen LogP contribution < -0.4 is 21.7 Å². The van der Waals surface area contributed by atoms with Gasteiger partial charge < -0.3 is 42.0 Å². The Morgan fingerprint density at radius 3 is 2.05 bits per heavy atom. The van der Waals surface area contributed by atoms with E-state index in [4.69, 9.17) is 10.8 Å². The van der Waals surface area contributed by atoms with Crippen molar-refractivity contribution in [2.75, 3.05) is 0 Å². The Labute approximate surface area is 230 Å². The number of nitrogens with two attached hydrogens (primary N) is 1. The number of aromatic hydroxyl groups is 1. The van der Waals surface area contributed by atoms with E-state index >= 15 is 0 Å². The summed E-state index contributed by atoms with van der Waals surface area (Å²) < 4.78 is 0. The SMILES string of the molecule is CC(C)CC(N)C(=O)NC(CCC(=O)O)C(=O)NC(Cc1cnc[nH]1)C(=O)NC(Cc1ccc(O)cc1)C(=O)O. The number of phenols is 1. The lowest BCUT2D eigenvalue weighted by molar-refractivity contribution is -0.142. The van der Waals surface area contributed by atoms with Gasteiger partial charge in [0.2, 0.25) is 17.7 Å². The summed E-state index contributed by atoms with van der Waals surface area (Å²) in [5.41, 5.74) is 6.90. The summed E-state index contributed by atoms with van der Waals surface area (Å²) in [5.74, 6) is -4.73. The van der Waals surface area contributed by atoms with Crippen molar-refractivity contribution in [2.45, 2.75) is 70.1 Å². The second-order valence-electron chi connectivity index (χ2n) is 9.84. The van der Waals surface area contributed by atoms with E-state index in [1.54, 1.807) is 0 Å². The minimum Gasteiger partial charge on any atom is -0.508 e. The number of carboxylic acids is 2. The van der Waals surface area contributed by atoms with Gasteiger partial charge in [-0.05, 0) is 36.5 Å². The van der Waals surface area contributed by atoms with E-state index in [1.807, 2.05) is 13.8 Å². The molecule has 4 unspecified atom stereocenters. The van der Waals surface area contributed by atoms with Gasteiger partial charge >= 0.3 is 11.9 Å². The fourth-order valence-electron chi connectivity index (χ4n) is 3.87. The van der Waals surface area contributed by atoms with Crippen molar-refractivity contribution >= 4 is 29.7 Å². The number of rotatable bonds is 16. The lowest BCUT2D eigenvalue weighted by Crippen LogP contribution is -2.58. The van der Waals surface area contributed by atoms with Crippen molar-refractivity contribution in [2.24, 2.45) is 11.7 Å².